The first-order valence-corrected chi connectivity index (χ1v) is 10.7. The fourth-order valence-corrected chi connectivity index (χ4v) is 3.94. The molecule has 0 radical (unpaired) electrons. The molecular formula is C22H24N2O4S. The highest BCUT2D eigenvalue weighted by molar-refractivity contribution is 7.20. The molecule has 1 aliphatic carbocycles. The van der Waals surface area contributed by atoms with Crippen LogP contribution in [0.25, 0.3) is 10.2 Å². The normalized spacial score (nSPS) is 13.7. The molecule has 0 spiro atoms. The largest absolute Gasteiger partial charge is 0.492 e. The van der Waals surface area contributed by atoms with Crippen LogP contribution in [0.4, 0.5) is 0 Å². The molecule has 1 aromatic heterocycles. The minimum atomic E-state index is -0.754. The topological polar surface area (TPSA) is 71.9 Å². The number of benzene rings is 2. The van der Waals surface area contributed by atoms with E-state index in [0.717, 1.165) is 35.0 Å². The molecule has 1 saturated carbocycles. The average Bonchev–Trinajstić information content (AvgIpc) is 3.43. The van der Waals surface area contributed by atoms with Crippen LogP contribution in [0.15, 0.2) is 48.5 Å². The molecule has 3 aromatic rings. The molecule has 1 aliphatic rings. The van der Waals surface area contributed by atoms with Gasteiger partial charge in [0.2, 0.25) is 0 Å². The number of carboxylic acids is 1. The lowest BCUT2D eigenvalue weighted by atomic mass is 10.3. The Morgan fingerprint density at radius 2 is 1.86 bits per heavy atom. The fraction of sp³-hybridized carbons (Fsp3) is 0.364. The summed E-state index contributed by atoms with van der Waals surface area (Å²) in [5.41, 5.74) is 0.936. The summed E-state index contributed by atoms with van der Waals surface area (Å²) in [5.74, 6) is 1.46. The Morgan fingerprint density at radius 3 is 2.59 bits per heavy atom. The Kier molecular flexibility index (Phi) is 6.27. The Morgan fingerprint density at radius 1 is 1.10 bits per heavy atom. The van der Waals surface area contributed by atoms with E-state index >= 15 is 0 Å². The maximum absolute atomic E-state index is 10.8. The quantitative estimate of drug-likeness (QED) is 0.494. The van der Waals surface area contributed by atoms with Crippen LogP contribution in [-0.4, -0.2) is 47.2 Å². The van der Waals surface area contributed by atoms with Gasteiger partial charge in [0.1, 0.15) is 18.1 Å². The second-order valence-electron chi connectivity index (χ2n) is 7.26. The predicted octanol–water partition coefficient (Wildman–Crippen LogP) is 4.65. The second kappa shape index (κ2) is 9.24. The molecule has 4 rings (SSSR count). The Bertz CT molecular complexity index is 920. The van der Waals surface area contributed by atoms with Crippen LogP contribution in [0, 0.1) is 5.92 Å². The van der Waals surface area contributed by atoms with Gasteiger partial charge in [0.05, 0.1) is 16.6 Å². The van der Waals surface area contributed by atoms with E-state index in [9.17, 15) is 4.79 Å². The number of fused-ring (bicyclic) bond motifs is 1. The molecule has 152 valence electrons. The predicted molar refractivity (Wildman–Crippen MR) is 113 cm³/mol. The third kappa shape index (κ3) is 5.92. The minimum absolute atomic E-state index is 0.171. The van der Waals surface area contributed by atoms with Gasteiger partial charge in [-0.05, 0) is 55.2 Å². The molecule has 1 fully saturated rings. The monoisotopic (exact) mass is 412 g/mol. The SMILES string of the molecule is O=C(O)CCN(CCOc1ccc(Oc2nc3ccccc3s2)cc1)CC1CC1. The number of aliphatic carboxylic acids is 1. The Labute approximate surface area is 173 Å². The molecule has 1 heterocycles. The van der Waals surface area contributed by atoms with Crippen molar-refractivity contribution < 1.29 is 19.4 Å². The highest BCUT2D eigenvalue weighted by atomic mass is 32.1. The smallest absolute Gasteiger partial charge is 0.304 e. The summed E-state index contributed by atoms with van der Waals surface area (Å²) in [6.07, 6.45) is 2.67. The Balaban J connectivity index is 1.26. The first kappa shape index (κ1) is 19.7. The van der Waals surface area contributed by atoms with Crippen molar-refractivity contribution in [2.75, 3.05) is 26.2 Å². The maximum atomic E-state index is 10.8. The number of carboxylic acid groups (broad SMARTS) is 1. The number of para-hydroxylation sites is 1. The van der Waals surface area contributed by atoms with Crippen molar-refractivity contribution in [2.24, 2.45) is 5.92 Å². The highest BCUT2D eigenvalue weighted by Crippen LogP contribution is 2.32. The van der Waals surface area contributed by atoms with E-state index in [1.54, 1.807) is 0 Å². The van der Waals surface area contributed by atoms with Crippen molar-refractivity contribution in [1.29, 1.82) is 0 Å². The number of carbonyl (C=O) groups is 1. The maximum Gasteiger partial charge on any atom is 0.304 e. The first-order valence-electron chi connectivity index (χ1n) is 9.86. The Hall–Kier alpha value is -2.64. The molecule has 0 atom stereocenters. The minimum Gasteiger partial charge on any atom is -0.492 e. The molecule has 2 aromatic carbocycles. The van der Waals surface area contributed by atoms with Gasteiger partial charge in [0, 0.05) is 19.6 Å². The molecule has 7 heteroatoms. The van der Waals surface area contributed by atoms with Crippen LogP contribution in [-0.2, 0) is 4.79 Å². The van der Waals surface area contributed by atoms with E-state index in [1.165, 1.54) is 24.2 Å². The van der Waals surface area contributed by atoms with E-state index in [2.05, 4.69) is 9.88 Å². The first-order chi connectivity index (χ1) is 14.2. The number of nitrogens with zero attached hydrogens (tertiary/aromatic N) is 2. The number of thiazole rings is 1. The van der Waals surface area contributed by atoms with Crippen LogP contribution in [0.3, 0.4) is 0 Å². The lowest BCUT2D eigenvalue weighted by Crippen LogP contribution is -2.32. The van der Waals surface area contributed by atoms with E-state index in [0.29, 0.717) is 24.1 Å². The summed E-state index contributed by atoms with van der Waals surface area (Å²) in [5, 5.41) is 9.53. The third-order valence-electron chi connectivity index (χ3n) is 4.83. The highest BCUT2D eigenvalue weighted by Gasteiger charge is 2.24. The van der Waals surface area contributed by atoms with Crippen molar-refractivity contribution in [2.45, 2.75) is 19.3 Å². The molecule has 0 unspecified atom stereocenters. The van der Waals surface area contributed by atoms with Crippen molar-refractivity contribution >= 4 is 27.5 Å². The summed E-state index contributed by atoms with van der Waals surface area (Å²) in [7, 11) is 0. The van der Waals surface area contributed by atoms with Gasteiger partial charge in [-0.2, -0.15) is 0 Å². The van der Waals surface area contributed by atoms with Gasteiger partial charge in [0.25, 0.3) is 5.19 Å². The molecular weight excluding hydrogens is 388 g/mol. The fourth-order valence-electron chi connectivity index (χ4n) is 3.11. The van der Waals surface area contributed by atoms with E-state index < -0.39 is 5.97 Å². The number of hydrogen-bond donors (Lipinski definition) is 1. The van der Waals surface area contributed by atoms with Gasteiger partial charge in [-0.1, -0.05) is 23.5 Å². The van der Waals surface area contributed by atoms with Crippen molar-refractivity contribution in [3.63, 3.8) is 0 Å². The number of hydrogen-bond acceptors (Lipinski definition) is 6. The lowest BCUT2D eigenvalue weighted by Gasteiger charge is -2.21. The molecule has 0 aliphatic heterocycles. The lowest BCUT2D eigenvalue weighted by molar-refractivity contribution is -0.137. The van der Waals surface area contributed by atoms with Gasteiger partial charge >= 0.3 is 5.97 Å². The van der Waals surface area contributed by atoms with Crippen LogP contribution in [0.2, 0.25) is 0 Å². The zero-order valence-electron chi connectivity index (χ0n) is 16.1. The van der Waals surface area contributed by atoms with Crippen LogP contribution < -0.4 is 9.47 Å². The van der Waals surface area contributed by atoms with Gasteiger partial charge in [-0.3, -0.25) is 9.69 Å². The van der Waals surface area contributed by atoms with Gasteiger partial charge < -0.3 is 14.6 Å². The van der Waals surface area contributed by atoms with Crippen LogP contribution in [0.5, 0.6) is 16.7 Å². The summed E-state index contributed by atoms with van der Waals surface area (Å²) in [6, 6.07) is 15.4. The summed E-state index contributed by atoms with van der Waals surface area (Å²) in [4.78, 5) is 17.5. The molecule has 0 saturated heterocycles. The van der Waals surface area contributed by atoms with Crippen LogP contribution >= 0.6 is 11.3 Å². The molecule has 29 heavy (non-hydrogen) atoms. The average molecular weight is 413 g/mol. The van der Waals surface area contributed by atoms with Gasteiger partial charge in [0.15, 0.2) is 0 Å². The third-order valence-corrected chi connectivity index (χ3v) is 5.75. The summed E-state index contributed by atoms with van der Waals surface area (Å²) in [6.45, 7) is 2.80. The second-order valence-corrected chi connectivity index (χ2v) is 8.25. The van der Waals surface area contributed by atoms with Crippen LogP contribution in [0.1, 0.15) is 19.3 Å². The van der Waals surface area contributed by atoms with Crippen molar-refractivity contribution in [3.8, 4) is 16.7 Å². The zero-order chi connectivity index (χ0) is 20.1. The van der Waals surface area contributed by atoms with Gasteiger partial charge in [-0.15, -0.1) is 0 Å². The van der Waals surface area contributed by atoms with Crippen molar-refractivity contribution in [1.82, 2.24) is 9.88 Å². The van der Waals surface area contributed by atoms with Crippen molar-refractivity contribution in [3.05, 3.63) is 48.5 Å². The van der Waals surface area contributed by atoms with Gasteiger partial charge in [-0.25, -0.2) is 4.98 Å². The number of rotatable bonds is 11. The number of aromatic nitrogens is 1. The number of ether oxygens (including phenoxy) is 2. The molecule has 0 amide bonds. The summed E-state index contributed by atoms with van der Waals surface area (Å²) < 4.78 is 12.8. The van der Waals surface area contributed by atoms with E-state index in [-0.39, 0.29) is 6.42 Å². The van der Waals surface area contributed by atoms with E-state index in [1.807, 2.05) is 48.5 Å². The molecule has 6 nitrogen and oxygen atoms in total. The molecule has 1 N–H and O–H groups in total. The zero-order valence-corrected chi connectivity index (χ0v) is 16.9. The standard InChI is InChI=1S/C22H24N2O4S/c25-21(26)11-12-24(15-16-5-6-16)13-14-27-17-7-9-18(10-8-17)28-22-23-19-3-1-2-4-20(19)29-22/h1-4,7-10,16H,5-6,11-15H2,(H,25,26). The van der Waals surface area contributed by atoms with E-state index in [4.69, 9.17) is 14.6 Å². The molecule has 0 bridgehead atoms. The summed E-state index contributed by atoms with van der Waals surface area (Å²) >= 11 is 1.52.